The Balaban J connectivity index is 2.73. The van der Waals surface area contributed by atoms with E-state index in [0.29, 0.717) is 17.4 Å². The molecule has 0 aromatic carbocycles. The molecular formula is C10H18N4O3S. The minimum absolute atomic E-state index is 0.0611. The van der Waals surface area contributed by atoms with E-state index in [1.165, 1.54) is 13.4 Å². The summed E-state index contributed by atoms with van der Waals surface area (Å²) in [5.41, 5.74) is 0. The highest BCUT2D eigenvalue weighted by Gasteiger charge is 2.12. The summed E-state index contributed by atoms with van der Waals surface area (Å²) >= 11 is 0. The average Bonchev–Trinajstić information content (AvgIpc) is 2.38. The maximum absolute atomic E-state index is 11.4. The van der Waals surface area contributed by atoms with Crippen LogP contribution in [0.15, 0.2) is 6.33 Å². The first-order valence-electron chi connectivity index (χ1n) is 5.55. The van der Waals surface area contributed by atoms with Gasteiger partial charge < -0.3 is 15.4 Å². The molecule has 0 aliphatic carbocycles. The molecule has 0 aliphatic heterocycles. The van der Waals surface area contributed by atoms with Crippen molar-refractivity contribution in [3.63, 3.8) is 0 Å². The molecule has 0 amide bonds. The van der Waals surface area contributed by atoms with Gasteiger partial charge in [-0.3, -0.25) is 0 Å². The van der Waals surface area contributed by atoms with Crippen LogP contribution in [-0.4, -0.2) is 50.6 Å². The van der Waals surface area contributed by atoms with Crippen LogP contribution in [0, 0.1) is 0 Å². The number of aromatic nitrogens is 2. The standard InChI is InChI=1S/C10H18N4O3S/c1-4-18(15,16)6-5-12-10-8(17-3)9(11-2)13-7-14-10/h7H,4-6H2,1-3H3,(H2,11,12,13,14). The SMILES string of the molecule is CCS(=O)(=O)CCNc1ncnc(NC)c1OC. The van der Waals surface area contributed by atoms with Crippen LogP contribution >= 0.6 is 0 Å². The van der Waals surface area contributed by atoms with E-state index in [1.807, 2.05) is 0 Å². The second-order valence-electron chi connectivity index (χ2n) is 3.52. The summed E-state index contributed by atoms with van der Waals surface area (Å²) < 4.78 is 27.9. The van der Waals surface area contributed by atoms with Gasteiger partial charge in [0.25, 0.3) is 0 Å². The Hall–Kier alpha value is -1.57. The minimum Gasteiger partial charge on any atom is -0.490 e. The van der Waals surface area contributed by atoms with E-state index in [-0.39, 0.29) is 18.1 Å². The molecule has 1 aromatic heterocycles. The van der Waals surface area contributed by atoms with Gasteiger partial charge in [0.1, 0.15) is 6.33 Å². The molecule has 1 heterocycles. The van der Waals surface area contributed by atoms with Crippen molar-refractivity contribution in [2.24, 2.45) is 0 Å². The van der Waals surface area contributed by atoms with Gasteiger partial charge in [0.05, 0.1) is 12.9 Å². The molecule has 7 nitrogen and oxygen atoms in total. The highest BCUT2D eigenvalue weighted by atomic mass is 32.2. The molecule has 0 saturated heterocycles. The molecule has 0 saturated carbocycles. The number of nitrogens with one attached hydrogen (secondary N) is 2. The Morgan fingerprint density at radius 1 is 1.33 bits per heavy atom. The molecule has 0 unspecified atom stereocenters. The van der Waals surface area contributed by atoms with Crippen molar-refractivity contribution in [1.29, 1.82) is 0 Å². The number of nitrogens with zero attached hydrogens (tertiary/aromatic N) is 2. The molecule has 1 aromatic rings. The summed E-state index contributed by atoms with van der Waals surface area (Å²) in [7, 11) is 0.239. The van der Waals surface area contributed by atoms with Gasteiger partial charge in [0.15, 0.2) is 21.5 Å². The van der Waals surface area contributed by atoms with Gasteiger partial charge >= 0.3 is 0 Å². The van der Waals surface area contributed by atoms with E-state index in [2.05, 4.69) is 20.6 Å². The third-order valence-corrected chi connectivity index (χ3v) is 4.10. The fraction of sp³-hybridized carbons (Fsp3) is 0.600. The lowest BCUT2D eigenvalue weighted by Gasteiger charge is -2.12. The Morgan fingerprint density at radius 3 is 2.56 bits per heavy atom. The van der Waals surface area contributed by atoms with Crippen LogP contribution in [0.25, 0.3) is 0 Å². The van der Waals surface area contributed by atoms with E-state index in [4.69, 9.17) is 4.74 Å². The van der Waals surface area contributed by atoms with Crippen LogP contribution in [0.3, 0.4) is 0 Å². The smallest absolute Gasteiger partial charge is 0.204 e. The van der Waals surface area contributed by atoms with Crippen molar-refractivity contribution < 1.29 is 13.2 Å². The largest absolute Gasteiger partial charge is 0.490 e. The summed E-state index contributed by atoms with van der Waals surface area (Å²) in [5.74, 6) is 1.69. The fourth-order valence-corrected chi connectivity index (χ4v) is 2.04. The third-order valence-electron chi connectivity index (χ3n) is 2.39. The van der Waals surface area contributed by atoms with Crippen molar-refractivity contribution in [2.45, 2.75) is 6.92 Å². The highest BCUT2D eigenvalue weighted by Crippen LogP contribution is 2.28. The van der Waals surface area contributed by atoms with Gasteiger partial charge in [-0.25, -0.2) is 18.4 Å². The molecule has 0 atom stereocenters. The lowest BCUT2D eigenvalue weighted by Crippen LogP contribution is -2.18. The summed E-state index contributed by atoms with van der Waals surface area (Å²) in [6.45, 7) is 1.91. The topological polar surface area (TPSA) is 93.2 Å². The van der Waals surface area contributed by atoms with Crippen LogP contribution in [0.2, 0.25) is 0 Å². The molecule has 0 bridgehead atoms. The number of hydrogen-bond donors (Lipinski definition) is 2. The molecule has 0 spiro atoms. The zero-order valence-electron chi connectivity index (χ0n) is 10.7. The Bertz CT molecular complexity index is 490. The van der Waals surface area contributed by atoms with Crippen molar-refractivity contribution in [3.8, 4) is 5.75 Å². The first-order valence-corrected chi connectivity index (χ1v) is 7.37. The maximum atomic E-state index is 11.4. The van der Waals surface area contributed by atoms with Gasteiger partial charge in [-0.05, 0) is 0 Å². The van der Waals surface area contributed by atoms with Gasteiger partial charge in [0.2, 0.25) is 5.75 Å². The number of hydrogen-bond acceptors (Lipinski definition) is 7. The monoisotopic (exact) mass is 274 g/mol. The summed E-state index contributed by atoms with van der Waals surface area (Å²) in [4.78, 5) is 8.02. The Labute approximate surface area is 107 Å². The van der Waals surface area contributed by atoms with Crippen LogP contribution < -0.4 is 15.4 Å². The van der Waals surface area contributed by atoms with E-state index < -0.39 is 9.84 Å². The first kappa shape index (κ1) is 14.5. The minimum atomic E-state index is -2.99. The zero-order valence-corrected chi connectivity index (χ0v) is 11.5. The quantitative estimate of drug-likeness (QED) is 0.742. The van der Waals surface area contributed by atoms with Crippen molar-refractivity contribution in [1.82, 2.24) is 9.97 Å². The zero-order chi connectivity index (χ0) is 13.6. The molecule has 0 aliphatic rings. The van der Waals surface area contributed by atoms with Crippen LogP contribution in [0.1, 0.15) is 6.92 Å². The average molecular weight is 274 g/mol. The lowest BCUT2D eigenvalue weighted by molar-refractivity contribution is 0.415. The normalized spacial score (nSPS) is 11.1. The molecule has 1 rings (SSSR count). The van der Waals surface area contributed by atoms with E-state index in [1.54, 1.807) is 14.0 Å². The third kappa shape index (κ3) is 3.73. The molecule has 0 radical (unpaired) electrons. The van der Waals surface area contributed by atoms with Crippen LogP contribution in [-0.2, 0) is 9.84 Å². The predicted octanol–water partition coefficient (Wildman–Crippen LogP) is 0.373. The second-order valence-corrected chi connectivity index (χ2v) is 5.99. The molecule has 8 heteroatoms. The van der Waals surface area contributed by atoms with Crippen molar-refractivity contribution in [2.75, 3.05) is 42.8 Å². The number of rotatable bonds is 7. The van der Waals surface area contributed by atoms with E-state index in [9.17, 15) is 8.42 Å². The first-order chi connectivity index (χ1) is 8.54. The molecular weight excluding hydrogens is 256 g/mol. The molecule has 18 heavy (non-hydrogen) atoms. The van der Waals surface area contributed by atoms with E-state index >= 15 is 0 Å². The fourth-order valence-electron chi connectivity index (χ4n) is 1.34. The van der Waals surface area contributed by atoms with Gasteiger partial charge in [-0.2, -0.15) is 0 Å². The summed E-state index contributed by atoms with van der Waals surface area (Å²) in [5, 5.41) is 5.80. The molecule has 102 valence electrons. The van der Waals surface area contributed by atoms with Crippen LogP contribution in [0.5, 0.6) is 5.75 Å². The summed E-state index contributed by atoms with van der Waals surface area (Å²) in [6, 6.07) is 0. The lowest BCUT2D eigenvalue weighted by atomic mass is 10.4. The highest BCUT2D eigenvalue weighted by molar-refractivity contribution is 7.91. The number of sulfone groups is 1. The molecule has 2 N–H and O–H groups in total. The van der Waals surface area contributed by atoms with Crippen molar-refractivity contribution in [3.05, 3.63) is 6.33 Å². The Kier molecular flexibility index (Phi) is 5.14. The predicted molar refractivity (Wildman–Crippen MR) is 70.9 cm³/mol. The van der Waals surface area contributed by atoms with E-state index in [0.717, 1.165) is 0 Å². The molecule has 0 fully saturated rings. The second kappa shape index (κ2) is 6.39. The Morgan fingerprint density at radius 2 is 2.00 bits per heavy atom. The van der Waals surface area contributed by atoms with Gasteiger partial charge in [0, 0.05) is 19.3 Å². The van der Waals surface area contributed by atoms with Crippen LogP contribution in [0.4, 0.5) is 11.6 Å². The van der Waals surface area contributed by atoms with Gasteiger partial charge in [-0.1, -0.05) is 6.92 Å². The number of ether oxygens (including phenoxy) is 1. The summed E-state index contributed by atoms with van der Waals surface area (Å²) in [6.07, 6.45) is 1.38. The van der Waals surface area contributed by atoms with Crippen molar-refractivity contribution >= 4 is 21.5 Å². The number of anilines is 2. The maximum Gasteiger partial charge on any atom is 0.204 e. The van der Waals surface area contributed by atoms with Gasteiger partial charge in [-0.15, -0.1) is 0 Å². The number of methoxy groups -OCH3 is 1.